The minimum absolute atomic E-state index is 0.340. The second-order valence-electron chi connectivity index (χ2n) is 5.81. The molecule has 0 aliphatic heterocycles. The lowest BCUT2D eigenvalue weighted by Gasteiger charge is -2.10. The Morgan fingerprint density at radius 2 is 2.08 bits per heavy atom. The van der Waals surface area contributed by atoms with Crippen molar-refractivity contribution >= 4 is 44.4 Å². The number of hydrogen-bond acceptors (Lipinski definition) is 5. The van der Waals surface area contributed by atoms with Crippen molar-refractivity contribution in [3.8, 4) is 0 Å². The van der Waals surface area contributed by atoms with Crippen LogP contribution in [0.25, 0.3) is 10.9 Å². The molecule has 1 aromatic carbocycles. The number of carbonyl (C=O) groups excluding carboxylic acids is 1. The number of carbonyl (C=O) groups is 1. The minimum atomic E-state index is -0.340. The van der Waals surface area contributed by atoms with Gasteiger partial charge >= 0.3 is 6.09 Å². The molecule has 0 unspecified atom stereocenters. The van der Waals surface area contributed by atoms with Crippen molar-refractivity contribution in [2.45, 2.75) is 32.6 Å². The summed E-state index contributed by atoms with van der Waals surface area (Å²) in [5.41, 5.74) is 7.56. The molecule has 0 aliphatic carbocycles. The maximum absolute atomic E-state index is 11.4. The van der Waals surface area contributed by atoms with Crippen LogP contribution < -0.4 is 16.4 Å². The maximum atomic E-state index is 11.4. The van der Waals surface area contributed by atoms with Gasteiger partial charge in [0.05, 0.1) is 17.8 Å². The summed E-state index contributed by atoms with van der Waals surface area (Å²) in [6.07, 6.45) is 3.32. The first-order chi connectivity index (χ1) is 12.1. The number of benzene rings is 1. The number of nitrogens with two attached hydrogens (primary N) is 1. The van der Waals surface area contributed by atoms with E-state index >= 15 is 0 Å². The van der Waals surface area contributed by atoms with Crippen molar-refractivity contribution in [1.82, 2.24) is 10.3 Å². The van der Waals surface area contributed by atoms with Crippen molar-refractivity contribution < 1.29 is 9.53 Å². The number of alkyl carbamates (subject to hydrolysis) is 1. The standard InChI is InChI=1S/C18H25BrN4O2/c1-2-3-8-22-18(24)25-10-5-4-9-21-17-15(20)11-13-6-7-14(19)12-16(13)23-17/h6-7,11-12H,2-5,8-10,20H2,1H3,(H,21,23)(H,22,24). The van der Waals surface area contributed by atoms with Crippen LogP contribution in [0.2, 0.25) is 0 Å². The minimum Gasteiger partial charge on any atom is -0.450 e. The zero-order valence-corrected chi connectivity index (χ0v) is 16.1. The highest BCUT2D eigenvalue weighted by Gasteiger charge is 2.05. The number of nitrogens with one attached hydrogen (secondary N) is 2. The van der Waals surface area contributed by atoms with Crippen molar-refractivity contribution in [1.29, 1.82) is 0 Å². The number of nitrogen functional groups attached to an aromatic ring is 1. The first kappa shape index (κ1) is 19.3. The number of fused-ring (bicyclic) bond motifs is 1. The van der Waals surface area contributed by atoms with Gasteiger partial charge in [0, 0.05) is 22.9 Å². The zero-order valence-electron chi connectivity index (χ0n) is 14.5. The van der Waals surface area contributed by atoms with Crippen LogP contribution in [0.5, 0.6) is 0 Å². The lowest BCUT2D eigenvalue weighted by molar-refractivity contribution is 0.144. The van der Waals surface area contributed by atoms with Gasteiger partial charge in [-0.2, -0.15) is 0 Å². The molecule has 0 radical (unpaired) electrons. The number of rotatable bonds is 9. The van der Waals surface area contributed by atoms with Crippen LogP contribution in [0.15, 0.2) is 28.7 Å². The van der Waals surface area contributed by atoms with Gasteiger partial charge in [0.25, 0.3) is 0 Å². The Morgan fingerprint density at radius 3 is 2.88 bits per heavy atom. The first-order valence-electron chi connectivity index (χ1n) is 8.60. The molecule has 0 saturated heterocycles. The zero-order chi connectivity index (χ0) is 18.1. The molecule has 1 aromatic heterocycles. The largest absolute Gasteiger partial charge is 0.450 e. The van der Waals surface area contributed by atoms with Crippen molar-refractivity contribution in [3.63, 3.8) is 0 Å². The number of nitrogens with zero attached hydrogens (tertiary/aromatic N) is 1. The molecular formula is C18H25BrN4O2. The van der Waals surface area contributed by atoms with E-state index in [1.807, 2.05) is 24.3 Å². The third-order valence-electron chi connectivity index (χ3n) is 3.71. The second-order valence-corrected chi connectivity index (χ2v) is 6.73. The van der Waals surface area contributed by atoms with Crippen molar-refractivity contribution in [3.05, 3.63) is 28.7 Å². The molecule has 1 heterocycles. The summed E-state index contributed by atoms with van der Waals surface area (Å²) in [7, 11) is 0. The van der Waals surface area contributed by atoms with Crippen LogP contribution >= 0.6 is 15.9 Å². The van der Waals surface area contributed by atoms with E-state index in [-0.39, 0.29) is 6.09 Å². The predicted molar refractivity (Wildman–Crippen MR) is 106 cm³/mol. The van der Waals surface area contributed by atoms with Crippen LogP contribution in [0.3, 0.4) is 0 Å². The van der Waals surface area contributed by atoms with Crippen molar-refractivity contribution in [2.24, 2.45) is 0 Å². The number of hydrogen-bond donors (Lipinski definition) is 3. The molecule has 4 N–H and O–H groups in total. The van der Waals surface area contributed by atoms with Crippen LogP contribution in [0.1, 0.15) is 32.6 Å². The summed E-state index contributed by atoms with van der Waals surface area (Å²) in [5, 5.41) is 6.98. The second kappa shape index (κ2) is 10.1. The third kappa shape index (κ3) is 6.42. The first-order valence-corrected chi connectivity index (χ1v) is 9.39. The van der Waals surface area contributed by atoms with Crippen LogP contribution in [0, 0.1) is 0 Å². The summed E-state index contributed by atoms with van der Waals surface area (Å²) in [5.74, 6) is 0.684. The van der Waals surface area contributed by atoms with Gasteiger partial charge in [-0.15, -0.1) is 0 Å². The van der Waals surface area contributed by atoms with Gasteiger partial charge in [-0.3, -0.25) is 0 Å². The van der Waals surface area contributed by atoms with Crippen LogP contribution in [-0.4, -0.2) is 30.8 Å². The molecule has 2 aromatic rings. The monoisotopic (exact) mass is 408 g/mol. The number of halogens is 1. The summed E-state index contributed by atoms with van der Waals surface area (Å²) in [4.78, 5) is 16.0. The molecule has 0 aliphatic rings. The predicted octanol–water partition coefficient (Wildman–Crippen LogP) is 4.30. The Morgan fingerprint density at radius 1 is 1.24 bits per heavy atom. The maximum Gasteiger partial charge on any atom is 0.407 e. The molecule has 0 atom stereocenters. The molecule has 0 fully saturated rings. The molecule has 0 spiro atoms. The van der Waals surface area contributed by atoms with Crippen LogP contribution in [0.4, 0.5) is 16.3 Å². The Kier molecular flexibility index (Phi) is 7.78. The summed E-state index contributed by atoms with van der Waals surface area (Å²) < 4.78 is 6.10. The summed E-state index contributed by atoms with van der Waals surface area (Å²) >= 11 is 3.45. The van der Waals surface area contributed by atoms with E-state index in [0.717, 1.165) is 47.6 Å². The van der Waals surface area contributed by atoms with E-state index in [4.69, 9.17) is 10.5 Å². The van der Waals surface area contributed by atoms with Gasteiger partial charge in [-0.05, 0) is 37.5 Å². The lowest BCUT2D eigenvalue weighted by Crippen LogP contribution is -2.25. The molecule has 25 heavy (non-hydrogen) atoms. The summed E-state index contributed by atoms with van der Waals surface area (Å²) in [6, 6.07) is 7.83. The quantitative estimate of drug-likeness (QED) is 0.538. The van der Waals surface area contributed by atoms with Gasteiger partial charge in [0.2, 0.25) is 0 Å². The molecule has 0 bridgehead atoms. The molecule has 0 saturated carbocycles. The Labute approximate surface area is 156 Å². The number of anilines is 2. The molecule has 6 nitrogen and oxygen atoms in total. The molecule has 1 amide bonds. The van der Waals surface area contributed by atoms with Crippen molar-refractivity contribution in [2.75, 3.05) is 30.7 Å². The fraction of sp³-hybridized carbons (Fsp3) is 0.444. The Bertz CT molecular complexity index is 709. The number of pyridine rings is 1. The highest BCUT2D eigenvalue weighted by atomic mass is 79.9. The lowest BCUT2D eigenvalue weighted by atomic mass is 10.2. The SMILES string of the molecule is CCCCNC(=O)OCCCCNc1nc2cc(Br)ccc2cc1N. The Hall–Kier alpha value is -2.02. The van der Waals surface area contributed by atoms with Gasteiger partial charge in [-0.25, -0.2) is 9.78 Å². The van der Waals surface area contributed by atoms with E-state index < -0.39 is 0 Å². The third-order valence-corrected chi connectivity index (χ3v) is 4.20. The number of aromatic nitrogens is 1. The van der Waals surface area contributed by atoms with E-state index in [1.165, 1.54) is 0 Å². The molecule has 7 heteroatoms. The van der Waals surface area contributed by atoms with E-state index in [0.29, 0.717) is 24.7 Å². The van der Waals surface area contributed by atoms with Gasteiger partial charge in [0.1, 0.15) is 5.82 Å². The topological polar surface area (TPSA) is 89.3 Å². The van der Waals surface area contributed by atoms with E-state index in [1.54, 1.807) is 0 Å². The normalized spacial score (nSPS) is 10.6. The smallest absolute Gasteiger partial charge is 0.407 e. The van der Waals surface area contributed by atoms with Gasteiger partial charge < -0.3 is 21.1 Å². The molecule has 136 valence electrons. The van der Waals surface area contributed by atoms with E-state index in [9.17, 15) is 4.79 Å². The molecule has 2 rings (SSSR count). The van der Waals surface area contributed by atoms with Gasteiger partial charge in [-0.1, -0.05) is 35.3 Å². The highest BCUT2D eigenvalue weighted by molar-refractivity contribution is 9.10. The molecular weight excluding hydrogens is 384 g/mol. The summed E-state index contributed by atoms with van der Waals surface area (Å²) in [6.45, 7) is 3.88. The van der Waals surface area contributed by atoms with Gasteiger partial charge in [0.15, 0.2) is 0 Å². The fourth-order valence-electron chi connectivity index (χ4n) is 2.32. The highest BCUT2D eigenvalue weighted by Crippen LogP contribution is 2.24. The van der Waals surface area contributed by atoms with Crippen LogP contribution in [-0.2, 0) is 4.74 Å². The van der Waals surface area contributed by atoms with E-state index in [2.05, 4.69) is 38.5 Å². The fourth-order valence-corrected chi connectivity index (χ4v) is 2.66. The number of unbranched alkanes of at least 4 members (excludes halogenated alkanes) is 2. The Balaban J connectivity index is 1.70. The number of ether oxygens (including phenoxy) is 1. The average molecular weight is 409 g/mol. The number of amides is 1. The average Bonchev–Trinajstić information content (AvgIpc) is 2.59.